The first kappa shape index (κ1) is 18.0. The molecule has 120 valence electrons. The van der Waals surface area contributed by atoms with Crippen LogP contribution < -0.4 is 5.32 Å². The maximum atomic E-state index is 3.72. The first-order valence-electron chi connectivity index (χ1n) is 9.10. The van der Waals surface area contributed by atoms with Crippen molar-refractivity contribution in [3.8, 4) is 0 Å². The van der Waals surface area contributed by atoms with Crippen LogP contribution in [0, 0.1) is 35.5 Å². The van der Waals surface area contributed by atoms with Crippen molar-refractivity contribution in [1.82, 2.24) is 5.32 Å². The van der Waals surface area contributed by atoms with E-state index in [2.05, 4.69) is 46.9 Å². The van der Waals surface area contributed by atoms with Crippen LogP contribution in [-0.2, 0) is 0 Å². The van der Waals surface area contributed by atoms with E-state index in [0.717, 1.165) is 35.5 Å². The SMILES string of the molecule is CC(C)CCC1CC(C(C)C)CCC1CNCC(C)C. The monoisotopic (exact) mass is 281 g/mol. The second kappa shape index (κ2) is 9.07. The standard InChI is InChI=1S/C19H39N/c1-14(2)7-8-18-11-17(16(5)6)9-10-19(18)13-20-12-15(3)4/h14-20H,7-13H2,1-6H3. The largest absolute Gasteiger partial charge is 0.316 e. The van der Waals surface area contributed by atoms with E-state index in [1.807, 2.05) is 0 Å². The van der Waals surface area contributed by atoms with Crippen LogP contribution in [0.2, 0.25) is 0 Å². The molecule has 3 unspecified atom stereocenters. The van der Waals surface area contributed by atoms with Crippen LogP contribution in [-0.4, -0.2) is 13.1 Å². The predicted molar refractivity (Wildman–Crippen MR) is 90.9 cm³/mol. The zero-order chi connectivity index (χ0) is 15.1. The minimum Gasteiger partial charge on any atom is -0.316 e. The Labute approximate surface area is 128 Å². The molecule has 0 bridgehead atoms. The van der Waals surface area contributed by atoms with Crippen molar-refractivity contribution in [2.24, 2.45) is 35.5 Å². The zero-order valence-corrected chi connectivity index (χ0v) is 14.9. The molecule has 1 heteroatoms. The van der Waals surface area contributed by atoms with Crippen molar-refractivity contribution >= 4 is 0 Å². The smallest absolute Gasteiger partial charge is 0.00178 e. The van der Waals surface area contributed by atoms with E-state index in [-0.39, 0.29) is 0 Å². The summed E-state index contributed by atoms with van der Waals surface area (Å²) in [6.45, 7) is 16.6. The number of rotatable bonds is 8. The quantitative estimate of drug-likeness (QED) is 0.632. The highest BCUT2D eigenvalue weighted by molar-refractivity contribution is 4.83. The Bertz CT molecular complexity index is 242. The lowest BCUT2D eigenvalue weighted by Gasteiger charge is -2.38. The summed E-state index contributed by atoms with van der Waals surface area (Å²) in [5.74, 6) is 5.39. The first-order chi connectivity index (χ1) is 9.40. The summed E-state index contributed by atoms with van der Waals surface area (Å²) in [6.07, 6.45) is 7.27. The zero-order valence-electron chi connectivity index (χ0n) is 14.9. The van der Waals surface area contributed by atoms with Crippen LogP contribution in [0.5, 0.6) is 0 Å². The van der Waals surface area contributed by atoms with E-state index < -0.39 is 0 Å². The van der Waals surface area contributed by atoms with Gasteiger partial charge in [-0.2, -0.15) is 0 Å². The molecule has 0 heterocycles. The van der Waals surface area contributed by atoms with E-state index in [0.29, 0.717) is 0 Å². The topological polar surface area (TPSA) is 12.0 Å². The van der Waals surface area contributed by atoms with Gasteiger partial charge < -0.3 is 5.32 Å². The lowest BCUT2D eigenvalue weighted by molar-refractivity contribution is 0.132. The molecule has 0 spiro atoms. The van der Waals surface area contributed by atoms with Gasteiger partial charge >= 0.3 is 0 Å². The third kappa shape index (κ3) is 6.61. The van der Waals surface area contributed by atoms with Crippen LogP contribution in [0.4, 0.5) is 0 Å². The van der Waals surface area contributed by atoms with Crippen molar-refractivity contribution in [1.29, 1.82) is 0 Å². The average Bonchev–Trinajstić information content (AvgIpc) is 2.36. The fourth-order valence-electron chi connectivity index (χ4n) is 3.70. The molecule has 3 atom stereocenters. The van der Waals surface area contributed by atoms with E-state index in [1.54, 1.807) is 0 Å². The highest BCUT2D eigenvalue weighted by Gasteiger charge is 2.31. The highest BCUT2D eigenvalue weighted by Crippen LogP contribution is 2.39. The summed E-state index contributed by atoms with van der Waals surface area (Å²) in [5, 5.41) is 3.72. The van der Waals surface area contributed by atoms with Crippen molar-refractivity contribution in [3.63, 3.8) is 0 Å². The molecular weight excluding hydrogens is 242 g/mol. The van der Waals surface area contributed by atoms with Gasteiger partial charge in [0.25, 0.3) is 0 Å². The van der Waals surface area contributed by atoms with E-state index in [9.17, 15) is 0 Å². The first-order valence-corrected chi connectivity index (χ1v) is 9.10. The molecule has 1 aliphatic carbocycles. The second-order valence-corrected chi connectivity index (χ2v) is 8.36. The van der Waals surface area contributed by atoms with Gasteiger partial charge in [-0.25, -0.2) is 0 Å². The molecule has 0 radical (unpaired) electrons. The summed E-state index contributed by atoms with van der Waals surface area (Å²) < 4.78 is 0. The summed E-state index contributed by atoms with van der Waals surface area (Å²) >= 11 is 0. The Kier molecular flexibility index (Phi) is 8.17. The van der Waals surface area contributed by atoms with Gasteiger partial charge in [0.05, 0.1) is 0 Å². The molecule has 0 saturated heterocycles. The number of nitrogens with one attached hydrogen (secondary N) is 1. The van der Waals surface area contributed by atoms with Gasteiger partial charge in [-0.1, -0.05) is 48.0 Å². The Morgan fingerprint density at radius 1 is 0.900 bits per heavy atom. The molecule has 20 heavy (non-hydrogen) atoms. The molecule has 0 amide bonds. The van der Waals surface area contributed by atoms with Crippen molar-refractivity contribution in [3.05, 3.63) is 0 Å². The van der Waals surface area contributed by atoms with Gasteiger partial charge in [0.2, 0.25) is 0 Å². The van der Waals surface area contributed by atoms with E-state index in [4.69, 9.17) is 0 Å². The molecule has 0 aromatic heterocycles. The third-order valence-electron chi connectivity index (χ3n) is 5.20. The molecule has 1 rings (SSSR count). The van der Waals surface area contributed by atoms with Crippen LogP contribution in [0.1, 0.15) is 73.6 Å². The van der Waals surface area contributed by atoms with Gasteiger partial charge in [-0.3, -0.25) is 0 Å². The molecule has 1 fully saturated rings. The summed E-state index contributed by atoms with van der Waals surface area (Å²) in [5.41, 5.74) is 0. The van der Waals surface area contributed by atoms with E-state index in [1.165, 1.54) is 45.2 Å². The Morgan fingerprint density at radius 2 is 1.60 bits per heavy atom. The van der Waals surface area contributed by atoms with Crippen molar-refractivity contribution in [2.75, 3.05) is 13.1 Å². The molecule has 1 saturated carbocycles. The number of hydrogen-bond donors (Lipinski definition) is 1. The predicted octanol–water partition coefficient (Wildman–Crippen LogP) is 5.36. The minimum atomic E-state index is 0.774. The lowest BCUT2D eigenvalue weighted by Crippen LogP contribution is -2.35. The van der Waals surface area contributed by atoms with Gasteiger partial charge in [-0.05, 0) is 74.3 Å². The van der Waals surface area contributed by atoms with Crippen LogP contribution in [0.3, 0.4) is 0 Å². The van der Waals surface area contributed by atoms with E-state index >= 15 is 0 Å². The second-order valence-electron chi connectivity index (χ2n) is 8.36. The molecule has 1 N–H and O–H groups in total. The van der Waals surface area contributed by atoms with Gasteiger partial charge in [0.15, 0.2) is 0 Å². The third-order valence-corrected chi connectivity index (χ3v) is 5.20. The van der Waals surface area contributed by atoms with Crippen molar-refractivity contribution < 1.29 is 0 Å². The van der Waals surface area contributed by atoms with Crippen LogP contribution >= 0.6 is 0 Å². The maximum Gasteiger partial charge on any atom is -0.00178 e. The lowest BCUT2D eigenvalue weighted by atomic mass is 9.68. The van der Waals surface area contributed by atoms with Gasteiger partial charge in [0.1, 0.15) is 0 Å². The average molecular weight is 282 g/mol. The molecule has 0 aliphatic heterocycles. The molecular formula is C19H39N. The Hall–Kier alpha value is -0.0400. The fraction of sp³-hybridized carbons (Fsp3) is 1.00. The maximum absolute atomic E-state index is 3.72. The summed E-state index contributed by atoms with van der Waals surface area (Å²) in [4.78, 5) is 0. The fourth-order valence-corrected chi connectivity index (χ4v) is 3.70. The molecule has 0 aromatic carbocycles. The van der Waals surface area contributed by atoms with Gasteiger partial charge in [-0.15, -0.1) is 0 Å². The molecule has 1 nitrogen and oxygen atoms in total. The van der Waals surface area contributed by atoms with Crippen LogP contribution in [0.25, 0.3) is 0 Å². The Balaban J connectivity index is 2.47. The normalized spacial score (nSPS) is 27.8. The summed E-state index contributed by atoms with van der Waals surface area (Å²) in [6, 6.07) is 0. The van der Waals surface area contributed by atoms with Gasteiger partial charge in [0, 0.05) is 0 Å². The Morgan fingerprint density at radius 3 is 2.15 bits per heavy atom. The number of hydrogen-bond acceptors (Lipinski definition) is 1. The highest BCUT2D eigenvalue weighted by atomic mass is 14.9. The molecule has 1 aliphatic rings. The summed E-state index contributed by atoms with van der Waals surface area (Å²) in [7, 11) is 0. The van der Waals surface area contributed by atoms with Crippen LogP contribution in [0.15, 0.2) is 0 Å². The molecule has 0 aromatic rings. The van der Waals surface area contributed by atoms with Crippen molar-refractivity contribution in [2.45, 2.75) is 73.6 Å². The minimum absolute atomic E-state index is 0.774.